The van der Waals surface area contributed by atoms with Crippen LogP contribution in [0.25, 0.3) is 0 Å². The first-order valence-corrected chi connectivity index (χ1v) is 4.64. The van der Waals surface area contributed by atoms with E-state index in [-0.39, 0.29) is 6.54 Å². The fourth-order valence-electron chi connectivity index (χ4n) is 1.56. The Morgan fingerprint density at radius 3 is 2.86 bits per heavy atom. The maximum atomic E-state index is 11.0. The molecule has 80 valence electrons. The number of carbonyl (C=O) groups excluding carboxylic acids is 1. The molecule has 1 atom stereocenters. The number of nitrogens with zero attached hydrogens (tertiary/aromatic N) is 2. The van der Waals surface area contributed by atoms with Gasteiger partial charge in [-0.3, -0.25) is 4.90 Å². The number of amides is 1. The van der Waals surface area contributed by atoms with Crippen LogP contribution in [-0.4, -0.2) is 61.5 Å². The molecule has 0 bridgehead atoms. The second-order valence-electron chi connectivity index (χ2n) is 3.42. The normalized spacial score (nSPS) is 35.6. The third-order valence-corrected chi connectivity index (χ3v) is 2.32. The van der Waals surface area contributed by atoms with Crippen molar-refractivity contribution in [2.75, 3.05) is 39.4 Å². The van der Waals surface area contributed by atoms with E-state index < -0.39 is 12.2 Å². The zero-order valence-electron chi connectivity index (χ0n) is 8.94. The van der Waals surface area contributed by atoms with Crippen molar-refractivity contribution in [3.8, 4) is 0 Å². The van der Waals surface area contributed by atoms with Gasteiger partial charge in [0.05, 0.1) is 21.1 Å². The minimum Gasteiger partial charge on any atom is -0.442 e. The first kappa shape index (κ1) is 8.46. The van der Waals surface area contributed by atoms with Gasteiger partial charge in [0.15, 0.2) is 0 Å². The summed E-state index contributed by atoms with van der Waals surface area (Å²) in [5.74, 6) is 5.35. The van der Waals surface area contributed by atoms with Crippen molar-refractivity contribution in [2.24, 2.45) is 5.84 Å². The van der Waals surface area contributed by atoms with Crippen LogP contribution in [0.1, 0.15) is 1.37 Å². The van der Waals surface area contributed by atoms with E-state index in [0.717, 1.165) is 18.1 Å². The van der Waals surface area contributed by atoms with Gasteiger partial charge in [-0.15, -0.1) is 0 Å². The molecule has 6 heteroatoms. The molecule has 2 heterocycles. The SMILES string of the molecule is [2H]C1(CN2CCOCC2)CN(N)C(=O)O1. The van der Waals surface area contributed by atoms with Crippen molar-refractivity contribution in [1.82, 2.24) is 9.91 Å². The molecule has 2 aliphatic heterocycles. The molecule has 0 spiro atoms. The Bertz CT molecular complexity index is 260. The highest BCUT2D eigenvalue weighted by Gasteiger charge is 2.30. The number of nitrogens with two attached hydrogens (primary N) is 1. The Kier molecular flexibility index (Phi) is 2.49. The molecule has 6 nitrogen and oxygen atoms in total. The van der Waals surface area contributed by atoms with Gasteiger partial charge in [0, 0.05) is 19.6 Å². The molecule has 0 aliphatic carbocycles. The Hall–Kier alpha value is -0.850. The monoisotopic (exact) mass is 202 g/mol. The summed E-state index contributed by atoms with van der Waals surface area (Å²) in [6, 6.07) is 0. The second kappa shape index (κ2) is 4.12. The van der Waals surface area contributed by atoms with Crippen molar-refractivity contribution >= 4 is 6.09 Å². The van der Waals surface area contributed by atoms with Crippen molar-refractivity contribution < 1.29 is 15.6 Å². The minimum absolute atomic E-state index is 0.114. The van der Waals surface area contributed by atoms with Crippen LogP contribution in [-0.2, 0) is 9.47 Å². The van der Waals surface area contributed by atoms with Crippen LogP contribution >= 0.6 is 0 Å². The number of morpholine rings is 1. The van der Waals surface area contributed by atoms with Gasteiger partial charge in [-0.25, -0.2) is 15.6 Å². The lowest BCUT2D eigenvalue weighted by Crippen LogP contribution is -2.42. The van der Waals surface area contributed by atoms with Gasteiger partial charge in [0.25, 0.3) is 0 Å². The Morgan fingerprint density at radius 2 is 2.29 bits per heavy atom. The maximum absolute atomic E-state index is 11.0. The van der Waals surface area contributed by atoms with E-state index in [2.05, 4.69) is 0 Å². The molecule has 0 aromatic rings. The van der Waals surface area contributed by atoms with E-state index in [1.54, 1.807) is 0 Å². The molecule has 0 radical (unpaired) electrons. The summed E-state index contributed by atoms with van der Waals surface area (Å²) >= 11 is 0. The highest BCUT2D eigenvalue weighted by molar-refractivity contribution is 5.69. The van der Waals surface area contributed by atoms with Gasteiger partial charge in [-0.2, -0.15) is 0 Å². The predicted octanol–water partition coefficient (Wildman–Crippen LogP) is -0.987. The van der Waals surface area contributed by atoms with Gasteiger partial charge in [0.1, 0.15) is 6.08 Å². The van der Waals surface area contributed by atoms with Gasteiger partial charge in [-0.1, -0.05) is 0 Å². The highest BCUT2D eigenvalue weighted by Crippen LogP contribution is 2.09. The standard InChI is InChI=1S/C8H15N3O3/c9-11-6-7(14-8(11)12)5-10-1-3-13-4-2-10/h7H,1-6,9H2/i7D. The van der Waals surface area contributed by atoms with Crippen molar-refractivity contribution in [2.45, 2.75) is 6.08 Å². The van der Waals surface area contributed by atoms with Crippen LogP contribution in [0.15, 0.2) is 0 Å². The molecule has 2 fully saturated rings. The first-order valence-electron chi connectivity index (χ1n) is 5.14. The van der Waals surface area contributed by atoms with Crippen LogP contribution in [0.3, 0.4) is 0 Å². The van der Waals surface area contributed by atoms with E-state index in [9.17, 15) is 4.79 Å². The van der Waals surface area contributed by atoms with E-state index >= 15 is 0 Å². The van der Waals surface area contributed by atoms with Gasteiger partial charge in [-0.05, 0) is 0 Å². The summed E-state index contributed by atoms with van der Waals surface area (Å²) in [5.41, 5.74) is 0. The van der Waals surface area contributed by atoms with Crippen LogP contribution in [0.4, 0.5) is 4.79 Å². The maximum Gasteiger partial charge on any atom is 0.424 e. The third kappa shape index (κ3) is 2.14. The number of carbonyl (C=O) groups is 1. The number of hydrazine groups is 1. The topological polar surface area (TPSA) is 68.0 Å². The molecule has 1 amide bonds. The van der Waals surface area contributed by atoms with Crippen LogP contribution < -0.4 is 5.84 Å². The number of ether oxygens (including phenoxy) is 2. The average molecular weight is 202 g/mol. The number of hydrogen-bond acceptors (Lipinski definition) is 5. The first-order chi connectivity index (χ1) is 7.09. The highest BCUT2D eigenvalue weighted by atomic mass is 16.6. The number of rotatable bonds is 2. The quantitative estimate of drug-likeness (QED) is 0.460. The average Bonchev–Trinajstić information content (AvgIpc) is 2.42. The molecular formula is C8H15N3O3. The molecule has 0 saturated carbocycles. The molecular weight excluding hydrogens is 186 g/mol. The number of hydrogen-bond donors (Lipinski definition) is 1. The molecule has 2 rings (SSSR count). The Morgan fingerprint density at radius 1 is 1.57 bits per heavy atom. The summed E-state index contributed by atoms with van der Waals surface area (Å²) in [7, 11) is 0. The van der Waals surface area contributed by atoms with E-state index in [0.29, 0.717) is 19.8 Å². The Balaban J connectivity index is 1.90. The molecule has 0 aromatic carbocycles. The van der Waals surface area contributed by atoms with Gasteiger partial charge in [0.2, 0.25) is 0 Å². The zero-order valence-corrected chi connectivity index (χ0v) is 7.94. The largest absolute Gasteiger partial charge is 0.442 e. The lowest BCUT2D eigenvalue weighted by atomic mass is 10.3. The van der Waals surface area contributed by atoms with Gasteiger partial charge >= 0.3 is 6.09 Å². The van der Waals surface area contributed by atoms with E-state index in [1.165, 1.54) is 0 Å². The smallest absolute Gasteiger partial charge is 0.424 e. The van der Waals surface area contributed by atoms with Crippen molar-refractivity contribution in [3.63, 3.8) is 0 Å². The van der Waals surface area contributed by atoms with Gasteiger partial charge < -0.3 is 9.47 Å². The molecule has 2 N–H and O–H groups in total. The van der Waals surface area contributed by atoms with E-state index in [1.807, 2.05) is 4.90 Å². The lowest BCUT2D eigenvalue weighted by Gasteiger charge is -2.27. The second-order valence-corrected chi connectivity index (χ2v) is 3.42. The Labute approximate surface area is 83.9 Å². The summed E-state index contributed by atoms with van der Waals surface area (Å²) in [4.78, 5) is 13.1. The molecule has 14 heavy (non-hydrogen) atoms. The third-order valence-electron chi connectivity index (χ3n) is 2.32. The zero-order chi connectivity index (χ0) is 10.9. The summed E-state index contributed by atoms with van der Waals surface area (Å²) < 4.78 is 18.0. The summed E-state index contributed by atoms with van der Waals surface area (Å²) in [5, 5.41) is 0.938. The summed E-state index contributed by atoms with van der Waals surface area (Å²) in [6.07, 6.45) is -1.86. The lowest BCUT2D eigenvalue weighted by molar-refractivity contribution is 0.0188. The molecule has 1 unspecified atom stereocenters. The number of cyclic esters (lactones) is 1. The minimum atomic E-state index is -1.23. The fourth-order valence-corrected chi connectivity index (χ4v) is 1.56. The predicted molar refractivity (Wildman–Crippen MR) is 48.4 cm³/mol. The van der Waals surface area contributed by atoms with Crippen LogP contribution in [0.5, 0.6) is 0 Å². The van der Waals surface area contributed by atoms with Crippen molar-refractivity contribution in [3.05, 3.63) is 0 Å². The summed E-state index contributed by atoms with van der Waals surface area (Å²) in [6.45, 7) is 3.36. The van der Waals surface area contributed by atoms with Crippen molar-refractivity contribution in [1.29, 1.82) is 0 Å². The molecule has 2 saturated heterocycles. The van der Waals surface area contributed by atoms with Crippen LogP contribution in [0, 0.1) is 0 Å². The molecule has 0 aromatic heterocycles. The van der Waals surface area contributed by atoms with Crippen LogP contribution in [0.2, 0.25) is 0 Å². The van der Waals surface area contributed by atoms with E-state index in [4.69, 9.17) is 16.7 Å². The molecule has 2 aliphatic rings. The fraction of sp³-hybridized carbons (Fsp3) is 0.875.